The van der Waals surface area contributed by atoms with Gasteiger partial charge in [-0.1, -0.05) is 24.3 Å². The number of amides is 2. The molecule has 1 aromatic carbocycles. The third-order valence-corrected chi connectivity index (χ3v) is 2.29. The van der Waals surface area contributed by atoms with Crippen LogP contribution in [-0.4, -0.2) is 11.0 Å². The van der Waals surface area contributed by atoms with Crippen LogP contribution in [0.15, 0.2) is 48.5 Å². The van der Waals surface area contributed by atoms with Crippen LogP contribution < -0.4 is 16.4 Å². The van der Waals surface area contributed by atoms with Gasteiger partial charge in [-0.05, 0) is 24.3 Å². The van der Waals surface area contributed by atoms with Gasteiger partial charge in [0.15, 0.2) is 0 Å². The molecule has 5 heteroatoms. The van der Waals surface area contributed by atoms with Crippen molar-refractivity contribution in [2.24, 2.45) is 5.73 Å². The molecule has 0 atom stereocenters. The van der Waals surface area contributed by atoms with Crippen LogP contribution in [0, 0.1) is 0 Å². The van der Waals surface area contributed by atoms with Gasteiger partial charge in [-0.15, -0.1) is 0 Å². The van der Waals surface area contributed by atoms with Crippen LogP contribution in [0.4, 0.5) is 16.3 Å². The minimum atomic E-state index is -0.331. The third-order valence-electron chi connectivity index (χ3n) is 2.29. The van der Waals surface area contributed by atoms with E-state index in [0.29, 0.717) is 12.4 Å². The summed E-state index contributed by atoms with van der Waals surface area (Å²) in [6.07, 6.45) is 0. The fraction of sp³-hybridized carbons (Fsp3) is 0.0769. The van der Waals surface area contributed by atoms with Crippen LogP contribution in [0.5, 0.6) is 0 Å². The monoisotopic (exact) mass is 242 g/mol. The van der Waals surface area contributed by atoms with Crippen molar-refractivity contribution in [3.05, 3.63) is 54.2 Å². The van der Waals surface area contributed by atoms with Crippen molar-refractivity contribution in [2.45, 2.75) is 6.54 Å². The number of carbonyl (C=O) groups excluding carboxylic acids is 1. The normalized spacial score (nSPS) is 9.83. The average molecular weight is 242 g/mol. The first-order valence-electron chi connectivity index (χ1n) is 5.57. The number of anilines is 2. The van der Waals surface area contributed by atoms with Gasteiger partial charge in [0.25, 0.3) is 0 Å². The van der Waals surface area contributed by atoms with Gasteiger partial charge in [0, 0.05) is 12.2 Å². The lowest BCUT2D eigenvalue weighted by molar-refractivity contribution is 0.262. The minimum Gasteiger partial charge on any atom is -0.325 e. The Labute approximate surface area is 105 Å². The Morgan fingerprint density at radius 3 is 2.56 bits per heavy atom. The number of nitrogens with one attached hydrogen (secondary N) is 2. The number of para-hydroxylation sites is 1. The predicted molar refractivity (Wildman–Crippen MR) is 71.2 cm³/mol. The number of carbonyl (C=O) groups is 1. The summed E-state index contributed by atoms with van der Waals surface area (Å²) < 4.78 is 0. The average Bonchev–Trinajstić information content (AvgIpc) is 2.40. The Hall–Kier alpha value is -2.40. The molecule has 0 bridgehead atoms. The van der Waals surface area contributed by atoms with Gasteiger partial charge in [-0.25, -0.2) is 9.78 Å². The smallest absolute Gasteiger partial charge is 0.324 e. The highest BCUT2D eigenvalue weighted by molar-refractivity contribution is 5.99. The Morgan fingerprint density at radius 2 is 1.83 bits per heavy atom. The van der Waals surface area contributed by atoms with Crippen molar-refractivity contribution in [3.8, 4) is 0 Å². The number of rotatable bonds is 3. The quantitative estimate of drug-likeness (QED) is 0.771. The summed E-state index contributed by atoms with van der Waals surface area (Å²) in [5.74, 6) is 0.478. The Bertz CT molecular complexity index is 528. The molecular weight excluding hydrogens is 228 g/mol. The second-order valence-electron chi connectivity index (χ2n) is 3.66. The lowest BCUT2D eigenvalue weighted by Crippen LogP contribution is -2.20. The van der Waals surface area contributed by atoms with Gasteiger partial charge in [-0.3, -0.25) is 5.32 Å². The molecule has 4 N–H and O–H groups in total. The standard InChI is InChI=1S/C13H14N4O/c14-9-11-7-4-8-12(15-11)17-13(18)16-10-5-2-1-3-6-10/h1-8H,9,14H2,(H2,15,16,17,18). The summed E-state index contributed by atoms with van der Waals surface area (Å²) in [6.45, 7) is 0.343. The van der Waals surface area contributed by atoms with Crippen LogP contribution in [0.1, 0.15) is 5.69 Å². The predicted octanol–water partition coefficient (Wildman–Crippen LogP) is 2.18. The van der Waals surface area contributed by atoms with Crippen molar-refractivity contribution in [1.82, 2.24) is 4.98 Å². The molecule has 0 saturated carbocycles. The van der Waals surface area contributed by atoms with Crippen molar-refractivity contribution in [1.29, 1.82) is 0 Å². The van der Waals surface area contributed by atoms with Crippen molar-refractivity contribution >= 4 is 17.5 Å². The van der Waals surface area contributed by atoms with Crippen LogP contribution in [0.25, 0.3) is 0 Å². The topological polar surface area (TPSA) is 80.0 Å². The molecule has 0 aliphatic carbocycles. The number of benzene rings is 1. The zero-order valence-electron chi connectivity index (χ0n) is 9.76. The SMILES string of the molecule is NCc1cccc(NC(=O)Nc2ccccc2)n1. The van der Waals surface area contributed by atoms with Crippen LogP contribution in [0.3, 0.4) is 0 Å². The maximum Gasteiger partial charge on any atom is 0.324 e. The molecule has 2 amide bonds. The first-order valence-corrected chi connectivity index (χ1v) is 5.57. The van der Waals surface area contributed by atoms with Gasteiger partial charge < -0.3 is 11.1 Å². The number of nitrogens with two attached hydrogens (primary N) is 1. The highest BCUT2D eigenvalue weighted by atomic mass is 16.2. The molecule has 0 fully saturated rings. The van der Waals surface area contributed by atoms with E-state index in [1.807, 2.05) is 30.3 Å². The van der Waals surface area contributed by atoms with E-state index in [4.69, 9.17) is 5.73 Å². The number of urea groups is 1. The molecule has 0 aliphatic rings. The molecule has 0 aliphatic heterocycles. The number of hydrogen-bond donors (Lipinski definition) is 3. The maximum atomic E-state index is 11.7. The zero-order chi connectivity index (χ0) is 12.8. The number of nitrogens with zero attached hydrogens (tertiary/aromatic N) is 1. The molecule has 0 spiro atoms. The summed E-state index contributed by atoms with van der Waals surface area (Å²) in [7, 11) is 0. The Kier molecular flexibility index (Phi) is 3.88. The molecule has 0 saturated heterocycles. The fourth-order valence-electron chi connectivity index (χ4n) is 1.46. The fourth-order valence-corrected chi connectivity index (χ4v) is 1.46. The molecule has 18 heavy (non-hydrogen) atoms. The first kappa shape index (κ1) is 12.1. The minimum absolute atomic E-state index is 0.331. The lowest BCUT2D eigenvalue weighted by atomic mass is 10.3. The van der Waals surface area contributed by atoms with Crippen molar-refractivity contribution in [2.75, 3.05) is 10.6 Å². The molecule has 1 heterocycles. The zero-order valence-corrected chi connectivity index (χ0v) is 9.76. The molecular formula is C13H14N4O. The molecule has 0 unspecified atom stereocenters. The molecule has 92 valence electrons. The summed E-state index contributed by atoms with van der Waals surface area (Å²) in [5, 5.41) is 5.35. The van der Waals surface area contributed by atoms with Gasteiger partial charge in [0.1, 0.15) is 5.82 Å². The number of pyridine rings is 1. The van der Waals surface area contributed by atoms with E-state index in [1.54, 1.807) is 18.2 Å². The van der Waals surface area contributed by atoms with Gasteiger partial charge >= 0.3 is 6.03 Å². The van der Waals surface area contributed by atoms with E-state index >= 15 is 0 Å². The second kappa shape index (κ2) is 5.79. The summed E-state index contributed by atoms with van der Waals surface area (Å²) in [4.78, 5) is 15.9. The van der Waals surface area contributed by atoms with Gasteiger partial charge in [0.05, 0.1) is 5.69 Å². The van der Waals surface area contributed by atoms with E-state index in [9.17, 15) is 4.79 Å². The summed E-state index contributed by atoms with van der Waals surface area (Å²) in [5.41, 5.74) is 6.94. The molecule has 1 aromatic heterocycles. The Balaban J connectivity index is 1.99. The highest BCUT2D eigenvalue weighted by Gasteiger charge is 2.03. The Morgan fingerprint density at radius 1 is 1.06 bits per heavy atom. The van der Waals surface area contributed by atoms with Gasteiger partial charge in [-0.2, -0.15) is 0 Å². The van der Waals surface area contributed by atoms with E-state index in [0.717, 1.165) is 11.4 Å². The molecule has 2 aromatic rings. The van der Waals surface area contributed by atoms with Gasteiger partial charge in [0.2, 0.25) is 0 Å². The summed E-state index contributed by atoms with van der Waals surface area (Å²) in [6, 6.07) is 14.2. The second-order valence-corrected chi connectivity index (χ2v) is 3.66. The number of aromatic nitrogens is 1. The van der Waals surface area contributed by atoms with Crippen molar-refractivity contribution < 1.29 is 4.79 Å². The summed E-state index contributed by atoms with van der Waals surface area (Å²) >= 11 is 0. The van der Waals surface area contributed by atoms with Crippen LogP contribution in [-0.2, 0) is 6.54 Å². The molecule has 2 rings (SSSR count). The van der Waals surface area contributed by atoms with Crippen LogP contribution in [0.2, 0.25) is 0 Å². The van der Waals surface area contributed by atoms with Crippen LogP contribution >= 0.6 is 0 Å². The van der Waals surface area contributed by atoms with E-state index in [-0.39, 0.29) is 6.03 Å². The first-order chi connectivity index (χ1) is 8.78. The van der Waals surface area contributed by atoms with E-state index in [1.165, 1.54) is 0 Å². The van der Waals surface area contributed by atoms with E-state index < -0.39 is 0 Å². The number of hydrogen-bond acceptors (Lipinski definition) is 3. The molecule has 0 radical (unpaired) electrons. The maximum absolute atomic E-state index is 11.7. The van der Waals surface area contributed by atoms with Crippen molar-refractivity contribution in [3.63, 3.8) is 0 Å². The third kappa shape index (κ3) is 3.29. The molecule has 5 nitrogen and oxygen atoms in total. The highest BCUT2D eigenvalue weighted by Crippen LogP contribution is 2.08. The lowest BCUT2D eigenvalue weighted by Gasteiger charge is -2.07. The largest absolute Gasteiger partial charge is 0.325 e. The van der Waals surface area contributed by atoms with E-state index in [2.05, 4.69) is 15.6 Å².